The summed E-state index contributed by atoms with van der Waals surface area (Å²) in [5.41, 5.74) is 0.458. The number of hydrogen-bond acceptors (Lipinski definition) is 3. The third kappa shape index (κ3) is 1.46. The quantitative estimate of drug-likeness (QED) is 0.416. The Balaban J connectivity index is 3.36. The van der Waals surface area contributed by atoms with Gasteiger partial charge in [0.2, 0.25) is 5.91 Å². The first-order valence-corrected chi connectivity index (χ1v) is 3.18. The summed E-state index contributed by atoms with van der Waals surface area (Å²) in [6, 6.07) is 5.18. The number of carbonyl (C=O) groups is 1. The van der Waals surface area contributed by atoms with E-state index in [-0.39, 0.29) is 5.91 Å². The van der Waals surface area contributed by atoms with Crippen molar-refractivity contribution in [3.8, 4) is 0 Å². The van der Waals surface area contributed by atoms with Gasteiger partial charge >= 0.3 is 0 Å². The molecule has 4 nitrogen and oxygen atoms in total. The average molecular weight is 151 g/mol. The molecular formula is C7H9N3O. The van der Waals surface area contributed by atoms with E-state index in [2.05, 4.69) is 5.10 Å². The van der Waals surface area contributed by atoms with Gasteiger partial charge < -0.3 is 5.84 Å². The SMILES string of the molecule is CC(=O)n1cccc/c1=N/N. The number of aromatic nitrogens is 1. The first-order chi connectivity index (χ1) is 5.25. The Kier molecular flexibility index (Phi) is 2.06. The summed E-state index contributed by atoms with van der Waals surface area (Å²) in [6.45, 7) is 1.45. The molecule has 0 bridgehead atoms. The molecular weight excluding hydrogens is 142 g/mol. The minimum atomic E-state index is -0.102. The largest absolute Gasteiger partial charge is 0.321 e. The van der Waals surface area contributed by atoms with Gasteiger partial charge in [0, 0.05) is 13.1 Å². The highest BCUT2D eigenvalue weighted by Gasteiger charge is 1.94. The van der Waals surface area contributed by atoms with Crippen molar-refractivity contribution in [1.82, 2.24) is 4.57 Å². The monoisotopic (exact) mass is 151 g/mol. The predicted molar refractivity (Wildman–Crippen MR) is 40.5 cm³/mol. The minimum Gasteiger partial charge on any atom is -0.321 e. The van der Waals surface area contributed by atoms with Gasteiger partial charge in [-0.2, -0.15) is 5.10 Å². The summed E-state index contributed by atoms with van der Waals surface area (Å²) in [7, 11) is 0. The van der Waals surface area contributed by atoms with E-state index in [0.717, 1.165) is 0 Å². The van der Waals surface area contributed by atoms with Crippen LogP contribution < -0.4 is 11.3 Å². The fourth-order valence-electron chi connectivity index (χ4n) is 0.806. The lowest BCUT2D eigenvalue weighted by Crippen LogP contribution is -2.25. The Hall–Kier alpha value is -1.58. The van der Waals surface area contributed by atoms with Gasteiger partial charge in [0.1, 0.15) is 0 Å². The topological polar surface area (TPSA) is 60.4 Å². The van der Waals surface area contributed by atoms with Crippen LogP contribution in [0.1, 0.15) is 11.7 Å². The standard InChI is InChI=1S/C7H9N3O/c1-6(11)10-5-3-2-4-7(10)9-8/h2-5H,8H2,1H3/b9-7-. The second-order valence-electron chi connectivity index (χ2n) is 2.08. The third-order valence-corrected chi connectivity index (χ3v) is 1.31. The summed E-state index contributed by atoms with van der Waals surface area (Å²) < 4.78 is 1.38. The molecule has 0 unspecified atom stereocenters. The van der Waals surface area contributed by atoms with Crippen LogP contribution in [0.3, 0.4) is 0 Å². The summed E-state index contributed by atoms with van der Waals surface area (Å²) in [6.07, 6.45) is 1.62. The Bertz CT molecular complexity index is 326. The number of nitrogens with zero attached hydrogens (tertiary/aromatic N) is 2. The fourth-order valence-corrected chi connectivity index (χ4v) is 0.806. The lowest BCUT2D eigenvalue weighted by atomic mass is 10.4. The molecule has 0 spiro atoms. The molecule has 0 amide bonds. The van der Waals surface area contributed by atoms with Crippen molar-refractivity contribution in [2.45, 2.75) is 6.92 Å². The zero-order chi connectivity index (χ0) is 8.27. The Morgan fingerprint density at radius 2 is 2.36 bits per heavy atom. The van der Waals surface area contributed by atoms with Crippen LogP contribution in [0.25, 0.3) is 0 Å². The van der Waals surface area contributed by atoms with Crippen LogP contribution in [-0.2, 0) is 0 Å². The molecule has 1 aromatic rings. The number of nitrogens with two attached hydrogens (primary N) is 1. The minimum absolute atomic E-state index is 0.102. The van der Waals surface area contributed by atoms with Crippen LogP contribution in [0, 0.1) is 0 Å². The van der Waals surface area contributed by atoms with E-state index in [4.69, 9.17) is 5.84 Å². The molecule has 1 rings (SSSR count). The van der Waals surface area contributed by atoms with E-state index in [9.17, 15) is 4.79 Å². The molecule has 0 atom stereocenters. The van der Waals surface area contributed by atoms with Gasteiger partial charge in [0.05, 0.1) is 0 Å². The van der Waals surface area contributed by atoms with Gasteiger partial charge in [-0.15, -0.1) is 0 Å². The van der Waals surface area contributed by atoms with Crippen LogP contribution in [0.2, 0.25) is 0 Å². The van der Waals surface area contributed by atoms with Gasteiger partial charge in [-0.05, 0) is 12.1 Å². The van der Waals surface area contributed by atoms with E-state index in [1.165, 1.54) is 11.5 Å². The highest BCUT2D eigenvalue weighted by molar-refractivity contribution is 5.75. The molecule has 2 N–H and O–H groups in total. The number of carbonyl (C=O) groups excluding carboxylic acids is 1. The first-order valence-electron chi connectivity index (χ1n) is 3.18. The van der Waals surface area contributed by atoms with Gasteiger partial charge in [-0.25, -0.2) is 0 Å². The van der Waals surface area contributed by atoms with Gasteiger partial charge in [0.15, 0.2) is 5.49 Å². The van der Waals surface area contributed by atoms with Crippen molar-refractivity contribution in [2.75, 3.05) is 0 Å². The zero-order valence-corrected chi connectivity index (χ0v) is 6.19. The fraction of sp³-hybridized carbons (Fsp3) is 0.143. The van der Waals surface area contributed by atoms with Crippen LogP contribution in [0.5, 0.6) is 0 Å². The average Bonchev–Trinajstić information content (AvgIpc) is 2.04. The summed E-state index contributed by atoms with van der Waals surface area (Å²) in [5, 5.41) is 3.43. The molecule has 0 aliphatic heterocycles. The van der Waals surface area contributed by atoms with Gasteiger partial charge in [0.25, 0.3) is 0 Å². The molecule has 4 heteroatoms. The van der Waals surface area contributed by atoms with Crippen molar-refractivity contribution in [3.05, 3.63) is 29.9 Å². The van der Waals surface area contributed by atoms with Crippen molar-refractivity contribution in [1.29, 1.82) is 0 Å². The molecule has 0 saturated carbocycles. The highest BCUT2D eigenvalue weighted by Crippen LogP contribution is 1.80. The molecule has 11 heavy (non-hydrogen) atoms. The van der Waals surface area contributed by atoms with E-state index < -0.39 is 0 Å². The number of rotatable bonds is 0. The van der Waals surface area contributed by atoms with Crippen molar-refractivity contribution >= 4 is 5.91 Å². The molecule has 0 fully saturated rings. The van der Waals surface area contributed by atoms with Crippen LogP contribution in [-0.4, -0.2) is 10.5 Å². The molecule has 0 aliphatic carbocycles. The van der Waals surface area contributed by atoms with Crippen LogP contribution in [0.15, 0.2) is 29.5 Å². The Labute approximate surface area is 64.0 Å². The maximum atomic E-state index is 10.9. The third-order valence-electron chi connectivity index (χ3n) is 1.31. The molecule has 0 radical (unpaired) electrons. The van der Waals surface area contributed by atoms with Gasteiger partial charge in [-0.1, -0.05) is 6.07 Å². The van der Waals surface area contributed by atoms with Crippen LogP contribution in [0.4, 0.5) is 0 Å². The lowest BCUT2D eigenvalue weighted by Gasteiger charge is -1.98. The predicted octanol–water partition coefficient (Wildman–Crippen LogP) is -0.0774. The number of pyridine rings is 1. The second kappa shape index (κ2) is 3.01. The Morgan fingerprint density at radius 1 is 1.64 bits per heavy atom. The smallest absolute Gasteiger partial charge is 0.229 e. The molecule has 1 aromatic heterocycles. The summed E-state index contributed by atoms with van der Waals surface area (Å²) in [5.74, 6) is 4.94. The second-order valence-corrected chi connectivity index (χ2v) is 2.08. The normalized spacial score (nSPS) is 11.5. The summed E-state index contributed by atoms with van der Waals surface area (Å²) >= 11 is 0. The van der Waals surface area contributed by atoms with E-state index in [1.54, 1.807) is 24.4 Å². The van der Waals surface area contributed by atoms with E-state index in [1.807, 2.05) is 0 Å². The van der Waals surface area contributed by atoms with Crippen molar-refractivity contribution in [3.63, 3.8) is 0 Å². The van der Waals surface area contributed by atoms with Crippen molar-refractivity contribution in [2.24, 2.45) is 10.9 Å². The molecule has 58 valence electrons. The van der Waals surface area contributed by atoms with Gasteiger partial charge in [-0.3, -0.25) is 9.36 Å². The molecule has 1 heterocycles. The lowest BCUT2D eigenvalue weighted by molar-refractivity contribution is 0.0931. The van der Waals surface area contributed by atoms with E-state index >= 15 is 0 Å². The molecule has 0 aromatic carbocycles. The highest BCUT2D eigenvalue weighted by atomic mass is 16.1. The maximum absolute atomic E-state index is 10.9. The van der Waals surface area contributed by atoms with E-state index in [0.29, 0.717) is 5.49 Å². The summed E-state index contributed by atoms with van der Waals surface area (Å²) in [4.78, 5) is 10.9. The molecule has 0 saturated heterocycles. The van der Waals surface area contributed by atoms with Crippen LogP contribution >= 0.6 is 0 Å². The van der Waals surface area contributed by atoms with Crippen molar-refractivity contribution < 1.29 is 4.79 Å². The Morgan fingerprint density at radius 3 is 2.82 bits per heavy atom. The molecule has 0 aliphatic rings. The maximum Gasteiger partial charge on any atom is 0.229 e. The zero-order valence-electron chi connectivity index (χ0n) is 6.19. The number of hydrogen-bond donors (Lipinski definition) is 1. The first kappa shape index (κ1) is 7.53.